The summed E-state index contributed by atoms with van der Waals surface area (Å²) in [5.41, 5.74) is 3.04. The number of nitrogens with one attached hydrogen (secondary N) is 3. The fourth-order valence-electron chi connectivity index (χ4n) is 3.08. The Morgan fingerprint density at radius 3 is 2.29 bits per heavy atom. The predicted molar refractivity (Wildman–Crippen MR) is 126 cm³/mol. The van der Waals surface area contributed by atoms with E-state index in [9.17, 15) is 4.79 Å². The van der Waals surface area contributed by atoms with Crippen molar-refractivity contribution in [2.45, 2.75) is 20.8 Å². The van der Waals surface area contributed by atoms with Crippen LogP contribution in [0.4, 0.5) is 33.6 Å². The number of methoxy groups -OCH3 is 1. The zero-order valence-electron chi connectivity index (χ0n) is 18.3. The van der Waals surface area contributed by atoms with Crippen molar-refractivity contribution in [3.05, 3.63) is 60.3 Å². The smallest absolute Gasteiger partial charge is 0.323 e. The minimum Gasteiger partial charge on any atom is -0.497 e. The second-order valence-electron chi connectivity index (χ2n) is 6.88. The van der Waals surface area contributed by atoms with Crippen LogP contribution in [0.5, 0.6) is 5.75 Å². The molecule has 8 nitrogen and oxygen atoms in total. The molecule has 0 saturated heterocycles. The van der Waals surface area contributed by atoms with E-state index in [2.05, 4.69) is 44.7 Å². The van der Waals surface area contributed by atoms with Crippen LogP contribution in [0, 0.1) is 6.92 Å². The number of nitrogens with zero attached hydrogens (tertiary/aromatic N) is 3. The fourth-order valence-corrected chi connectivity index (χ4v) is 3.08. The first-order valence-electron chi connectivity index (χ1n) is 10.2. The number of carbonyl (C=O) groups is 1. The number of amides is 2. The van der Waals surface area contributed by atoms with Gasteiger partial charge in [0.2, 0.25) is 5.95 Å². The van der Waals surface area contributed by atoms with Crippen molar-refractivity contribution < 1.29 is 9.53 Å². The van der Waals surface area contributed by atoms with E-state index in [0.717, 1.165) is 30.3 Å². The van der Waals surface area contributed by atoms with Crippen LogP contribution >= 0.6 is 0 Å². The van der Waals surface area contributed by atoms with Crippen molar-refractivity contribution in [2.24, 2.45) is 0 Å². The topological polar surface area (TPSA) is 91.4 Å². The standard InChI is InChI=1S/C23H28N6O2/c1-5-29(6-2)21-14-16(3)24-22(28-21)25-17-10-12-18(13-11-17)26-23(30)27-19-8-7-9-20(15-19)31-4/h7-15H,5-6H2,1-4H3,(H,24,25,28)(H2,26,27,30). The molecule has 0 bridgehead atoms. The lowest BCUT2D eigenvalue weighted by molar-refractivity contribution is 0.262. The molecule has 3 rings (SSSR count). The Balaban J connectivity index is 1.63. The average Bonchev–Trinajstić information content (AvgIpc) is 2.76. The lowest BCUT2D eigenvalue weighted by Crippen LogP contribution is -2.23. The Kier molecular flexibility index (Phi) is 7.26. The van der Waals surface area contributed by atoms with Crippen LogP contribution < -0.4 is 25.6 Å². The monoisotopic (exact) mass is 420 g/mol. The third-order valence-corrected chi connectivity index (χ3v) is 4.65. The van der Waals surface area contributed by atoms with E-state index in [-0.39, 0.29) is 6.03 Å². The summed E-state index contributed by atoms with van der Waals surface area (Å²) in [5, 5.41) is 8.82. The number of ether oxygens (including phenoxy) is 1. The van der Waals surface area contributed by atoms with E-state index in [1.807, 2.05) is 49.4 Å². The van der Waals surface area contributed by atoms with Crippen molar-refractivity contribution in [3.8, 4) is 5.75 Å². The molecule has 31 heavy (non-hydrogen) atoms. The molecular formula is C23H28N6O2. The van der Waals surface area contributed by atoms with Crippen LogP contribution in [0.2, 0.25) is 0 Å². The first kappa shape index (κ1) is 21.9. The van der Waals surface area contributed by atoms with Gasteiger partial charge in [-0.2, -0.15) is 4.98 Å². The molecule has 3 aromatic rings. The number of aryl methyl sites for hydroxylation is 1. The second kappa shape index (κ2) is 10.3. The van der Waals surface area contributed by atoms with Crippen LogP contribution in [0.15, 0.2) is 54.6 Å². The number of hydrogen-bond acceptors (Lipinski definition) is 6. The van der Waals surface area contributed by atoms with Gasteiger partial charge >= 0.3 is 6.03 Å². The van der Waals surface area contributed by atoms with Crippen LogP contribution in [0.1, 0.15) is 19.5 Å². The molecule has 8 heteroatoms. The number of hydrogen-bond donors (Lipinski definition) is 3. The molecule has 1 heterocycles. The third kappa shape index (κ3) is 6.08. The Morgan fingerprint density at radius 1 is 0.935 bits per heavy atom. The molecule has 0 fully saturated rings. The Bertz CT molecular complexity index is 1020. The highest BCUT2D eigenvalue weighted by atomic mass is 16.5. The van der Waals surface area contributed by atoms with Gasteiger partial charge in [0.1, 0.15) is 11.6 Å². The van der Waals surface area contributed by atoms with Gasteiger partial charge in [0.05, 0.1) is 7.11 Å². The SMILES string of the molecule is CCN(CC)c1cc(C)nc(Nc2ccc(NC(=O)Nc3cccc(OC)c3)cc2)n1. The molecular weight excluding hydrogens is 392 g/mol. The molecule has 3 N–H and O–H groups in total. The van der Waals surface area contributed by atoms with Crippen LogP contribution in [0.25, 0.3) is 0 Å². The van der Waals surface area contributed by atoms with Gasteiger partial charge in [0, 0.05) is 48.0 Å². The summed E-state index contributed by atoms with van der Waals surface area (Å²) < 4.78 is 5.17. The molecule has 2 aromatic carbocycles. The van der Waals surface area contributed by atoms with E-state index in [1.54, 1.807) is 19.2 Å². The van der Waals surface area contributed by atoms with Gasteiger partial charge in [-0.25, -0.2) is 9.78 Å². The molecule has 2 amide bonds. The van der Waals surface area contributed by atoms with Gasteiger partial charge in [-0.3, -0.25) is 0 Å². The van der Waals surface area contributed by atoms with Crippen molar-refractivity contribution in [1.82, 2.24) is 9.97 Å². The molecule has 0 atom stereocenters. The van der Waals surface area contributed by atoms with Gasteiger partial charge in [0.25, 0.3) is 0 Å². The normalized spacial score (nSPS) is 10.3. The zero-order valence-corrected chi connectivity index (χ0v) is 18.3. The van der Waals surface area contributed by atoms with E-state index in [4.69, 9.17) is 4.74 Å². The van der Waals surface area contributed by atoms with Crippen molar-refractivity contribution in [2.75, 3.05) is 41.0 Å². The summed E-state index contributed by atoms with van der Waals surface area (Å²) in [4.78, 5) is 23.5. The van der Waals surface area contributed by atoms with Crippen molar-refractivity contribution in [1.29, 1.82) is 0 Å². The Hall–Kier alpha value is -3.81. The molecule has 0 aliphatic carbocycles. The van der Waals surface area contributed by atoms with Crippen LogP contribution in [-0.2, 0) is 0 Å². The van der Waals surface area contributed by atoms with Gasteiger partial charge in [0.15, 0.2) is 0 Å². The van der Waals surface area contributed by atoms with E-state index in [0.29, 0.717) is 23.1 Å². The molecule has 0 aliphatic rings. The average molecular weight is 421 g/mol. The number of rotatable bonds is 8. The van der Waals surface area contributed by atoms with Gasteiger partial charge in [-0.05, 0) is 57.2 Å². The maximum atomic E-state index is 12.2. The summed E-state index contributed by atoms with van der Waals surface area (Å²) in [6, 6.07) is 16.2. The summed E-state index contributed by atoms with van der Waals surface area (Å²) in [6.45, 7) is 7.91. The Morgan fingerprint density at radius 2 is 1.61 bits per heavy atom. The fraction of sp³-hybridized carbons (Fsp3) is 0.261. The van der Waals surface area contributed by atoms with E-state index in [1.165, 1.54) is 0 Å². The lowest BCUT2D eigenvalue weighted by atomic mass is 10.3. The largest absolute Gasteiger partial charge is 0.497 e. The number of urea groups is 1. The first-order chi connectivity index (χ1) is 15.0. The highest BCUT2D eigenvalue weighted by Gasteiger charge is 2.08. The van der Waals surface area contributed by atoms with Gasteiger partial charge in [-0.1, -0.05) is 6.07 Å². The number of aromatic nitrogens is 2. The first-order valence-corrected chi connectivity index (χ1v) is 10.2. The molecule has 0 unspecified atom stereocenters. The summed E-state index contributed by atoms with van der Waals surface area (Å²) in [5.74, 6) is 2.11. The minimum absolute atomic E-state index is 0.333. The maximum absolute atomic E-state index is 12.2. The summed E-state index contributed by atoms with van der Waals surface area (Å²) in [7, 11) is 1.58. The maximum Gasteiger partial charge on any atom is 0.323 e. The van der Waals surface area contributed by atoms with E-state index < -0.39 is 0 Å². The minimum atomic E-state index is -0.333. The number of anilines is 5. The highest BCUT2D eigenvalue weighted by Crippen LogP contribution is 2.21. The molecule has 0 saturated carbocycles. The quantitative estimate of drug-likeness (QED) is 0.474. The molecule has 0 spiro atoms. The summed E-state index contributed by atoms with van der Waals surface area (Å²) in [6.07, 6.45) is 0. The third-order valence-electron chi connectivity index (χ3n) is 4.65. The van der Waals surface area contributed by atoms with Crippen molar-refractivity contribution >= 4 is 34.9 Å². The zero-order chi connectivity index (χ0) is 22.2. The lowest BCUT2D eigenvalue weighted by Gasteiger charge is -2.20. The Labute approximate surface area is 182 Å². The van der Waals surface area contributed by atoms with Crippen molar-refractivity contribution in [3.63, 3.8) is 0 Å². The molecule has 162 valence electrons. The molecule has 0 radical (unpaired) electrons. The van der Waals surface area contributed by atoms with Gasteiger partial charge in [-0.15, -0.1) is 0 Å². The number of carbonyl (C=O) groups excluding carboxylic acids is 1. The predicted octanol–water partition coefficient (Wildman–Crippen LogP) is 5.03. The van der Waals surface area contributed by atoms with E-state index >= 15 is 0 Å². The van der Waals surface area contributed by atoms with Gasteiger partial charge < -0.3 is 25.6 Å². The number of benzene rings is 2. The molecule has 0 aliphatic heterocycles. The summed E-state index contributed by atoms with van der Waals surface area (Å²) >= 11 is 0. The molecule has 1 aromatic heterocycles. The second-order valence-corrected chi connectivity index (χ2v) is 6.88. The highest BCUT2D eigenvalue weighted by molar-refractivity contribution is 5.99. The van der Waals surface area contributed by atoms with Crippen LogP contribution in [-0.4, -0.2) is 36.2 Å². The van der Waals surface area contributed by atoms with Crippen LogP contribution in [0.3, 0.4) is 0 Å².